The number of nitrogens with one attached hydrogen (secondary N) is 2. The van der Waals surface area contributed by atoms with E-state index in [-0.39, 0.29) is 34.3 Å². The molecular formula is C71H92N2O25. The number of ketones is 1. The number of esters is 4. The lowest BCUT2D eigenvalue weighted by atomic mass is 9.44. The van der Waals surface area contributed by atoms with Gasteiger partial charge in [0, 0.05) is 51.7 Å². The topological polar surface area (TPSA) is 384 Å². The molecule has 3 aromatic rings. The van der Waals surface area contributed by atoms with E-state index in [0.29, 0.717) is 0 Å². The van der Waals surface area contributed by atoms with Crippen LogP contribution in [-0.2, 0) is 80.9 Å². The van der Waals surface area contributed by atoms with Crippen molar-refractivity contribution in [1.82, 2.24) is 10.6 Å². The molecule has 3 heterocycles. The van der Waals surface area contributed by atoms with Crippen LogP contribution in [0, 0.1) is 16.7 Å². The molecule has 5 fully saturated rings. The molecule has 27 nitrogen and oxygen atoms in total. The van der Waals surface area contributed by atoms with Gasteiger partial charge in [0.1, 0.15) is 70.4 Å². The van der Waals surface area contributed by atoms with Crippen LogP contribution in [0.25, 0.3) is 0 Å². The molecule has 536 valence electrons. The van der Waals surface area contributed by atoms with Gasteiger partial charge in [0.2, 0.25) is 5.91 Å². The second-order valence-corrected chi connectivity index (χ2v) is 28.8. The maximum absolute atomic E-state index is 16.1. The van der Waals surface area contributed by atoms with Crippen LogP contribution in [0.2, 0.25) is 0 Å². The Balaban J connectivity index is 1.15. The van der Waals surface area contributed by atoms with Crippen LogP contribution < -0.4 is 10.6 Å². The molecule has 3 saturated heterocycles. The highest BCUT2D eigenvalue weighted by molar-refractivity contribution is 5.96. The molecule has 0 radical (unpaired) electrons. The van der Waals surface area contributed by atoms with E-state index in [1.54, 1.807) is 66.7 Å². The molecule has 2 saturated carbocycles. The fourth-order valence-electron chi connectivity index (χ4n) is 16.0. The van der Waals surface area contributed by atoms with Crippen molar-refractivity contribution < 1.29 is 121 Å². The van der Waals surface area contributed by atoms with Crippen LogP contribution in [0.3, 0.4) is 0 Å². The van der Waals surface area contributed by atoms with E-state index in [0.717, 1.165) is 34.6 Å². The minimum atomic E-state index is -2.57. The average Bonchev–Trinajstić information content (AvgIpc) is 0.817. The van der Waals surface area contributed by atoms with Crippen LogP contribution in [0.4, 0.5) is 0 Å². The number of hydrogen-bond donors (Lipinski definition) is 8. The minimum absolute atomic E-state index is 0.00672. The van der Waals surface area contributed by atoms with E-state index < -0.39 is 202 Å². The summed E-state index contributed by atoms with van der Waals surface area (Å²) in [6, 6.07) is 22.2. The number of carbonyl (C=O) groups is 8. The number of carbonyl (C=O) groups excluding carboxylic acids is 7. The van der Waals surface area contributed by atoms with E-state index in [2.05, 4.69) is 10.6 Å². The molecule has 98 heavy (non-hydrogen) atoms. The van der Waals surface area contributed by atoms with Gasteiger partial charge in [-0.25, -0.2) is 14.4 Å². The van der Waals surface area contributed by atoms with Gasteiger partial charge in [-0.3, -0.25) is 24.0 Å². The maximum atomic E-state index is 16.1. The Kier molecular flexibility index (Phi) is 20.3. The predicted octanol–water partition coefficient (Wildman–Crippen LogP) is 4.05. The first-order valence-electron chi connectivity index (χ1n) is 32.4. The first-order chi connectivity index (χ1) is 45.5. The molecule has 2 amide bonds. The first-order valence-corrected chi connectivity index (χ1v) is 32.4. The summed E-state index contributed by atoms with van der Waals surface area (Å²) >= 11 is 0. The molecule has 21 atom stereocenters. The van der Waals surface area contributed by atoms with Gasteiger partial charge in [0.05, 0.1) is 48.4 Å². The average molecular weight is 1370 g/mol. The third-order valence-electron chi connectivity index (χ3n) is 22.8. The van der Waals surface area contributed by atoms with Crippen molar-refractivity contribution in [2.45, 2.75) is 228 Å². The summed E-state index contributed by atoms with van der Waals surface area (Å²) in [5, 5.41) is 80.2. The van der Waals surface area contributed by atoms with Crippen LogP contribution in [0.1, 0.15) is 149 Å². The lowest BCUT2D eigenvalue weighted by molar-refractivity contribution is -0.430. The van der Waals surface area contributed by atoms with Gasteiger partial charge in [0.25, 0.3) is 5.91 Å². The zero-order valence-corrected chi connectivity index (χ0v) is 58.0. The molecule has 0 aromatic heterocycles. The van der Waals surface area contributed by atoms with Crippen molar-refractivity contribution in [3.05, 3.63) is 119 Å². The number of carboxylic acid groups (broad SMARTS) is 1. The predicted molar refractivity (Wildman–Crippen MR) is 342 cm³/mol. The molecule has 8 N–H and O–H groups in total. The minimum Gasteiger partial charge on any atom is -0.479 e. The van der Waals surface area contributed by atoms with Crippen molar-refractivity contribution >= 4 is 47.4 Å². The largest absolute Gasteiger partial charge is 0.479 e. The first kappa shape index (κ1) is 75.1. The Morgan fingerprint density at radius 2 is 1.34 bits per heavy atom. The van der Waals surface area contributed by atoms with Crippen molar-refractivity contribution in [2.24, 2.45) is 16.7 Å². The van der Waals surface area contributed by atoms with Crippen molar-refractivity contribution in [2.75, 3.05) is 27.1 Å². The third kappa shape index (κ3) is 11.8. The second kappa shape index (κ2) is 26.4. The van der Waals surface area contributed by atoms with E-state index in [9.17, 15) is 59.4 Å². The van der Waals surface area contributed by atoms with Gasteiger partial charge in [-0.05, 0) is 110 Å². The van der Waals surface area contributed by atoms with Crippen molar-refractivity contribution in [3.8, 4) is 0 Å². The molecule has 27 heteroatoms. The highest BCUT2D eigenvalue weighted by Crippen LogP contribution is 2.65. The summed E-state index contributed by atoms with van der Waals surface area (Å²) in [6.45, 7) is 17.4. The van der Waals surface area contributed by atoms with Gasteiger partial charge >= 0.3 is 29.8 Å². The quantitative estimate of drug-likeness (QED) is 0.0260. The molecule has 3 aromatic carbocycles. The van der Waals surface area contributed by atoms with Crippen LogP contribution in [-0.4, -0.2) is 211 Å². The number of methoxy groups -OCH3 is 1. The van der Waals surface area contributed by atoms with Crippen molar-refractivity contribution in [3.63, 3.8) is 0 Å². The van der Waals surface area contributed by atoms with Crippen LogP contribution in [0.15, 0.2) is 102 Å². The number of amides is 2. The van der Waals surface area contributed by atoms with E-state index in [4.69, 9.17) is 52.1 Å². The molecule has 0 spiro atoms. The van der Waals surface area contributed by atoms with Gasteiger partial charge in [-0.1, -0.05) is 80.6 Å². The number of benzene rings is 3. The Morgan fingerprint density at radius 1 is 0.755 bits per heavy atom. The molecular weight excluding hydrogens is 1280 g/mol. The lowest BCUT2D eigenvalue weighted by Gasteiger charge is -2.67. The highest BCUT2D eigenvalue weighted by atomic mass is 16.7. The van der Waals surface area contributed by atoms with Gasteiger partial charge in [-0.2, -0.15) is 0 Å². The number of aliphatic hydroxyl groups excluding tert-OH is 2. The summed E-state index contributed by atoms with van der Waals surface area (Å²) in [5.41, 5.74) is -23.9. The van der Waals surface area contributed by atoms with E-state index >= 15 is 9.59 Å². The van der Waals surface area contributed by atoms with Crippen LogP contribution >= 0.6 is 0 Å². The van der Waals surface area contributed by atoms with Crippen molar-refractivity contribution in [1.29, 1.82) is 0 Å². The monoisotopic (exact) mass is 1370 g/mol. The normalized spacial score (nSPS) is 39.3. The standard InChI is InChI=1S/C71H92N2O25/c1-37-45(33-71(87)54(94-56(80)44-30-24-19-25-31-44)52-63(9,46(77)32-47-70(52,35-90-47)96-41(5)76)53(78)50(92-40(4)75)48(37)61(71,6)7)93-57(81)51(49(42-26-20-17-21-27-42)72-55(79)43-28-22-18-23-29-43)91-36-89-34-62(8)58(82)66(12,88-16)64(10,73-39(3)74)60(97-62)98-69(15)67(13,59(83)84)95-38(2)65(11,85)68(69,14)86/h17-31,38,45-47,49-52,54,58,60,77,82,85-87H,32-36H2,1-16H3,(H,72,79)(H,73,74)(H,83,84)/t38?,45?,46-,47+,49?,50+,51+,52-,54-,58?,60?,62?,63+,64?,65?,66?,67?,68?,69?,70-,71+/m0/s1. The fraction of sp³-hybridized carbons (Fsp3) is 0.606. The molecule has 12 unspecified atom stereocenters. The Hall–Kier alpha value is -7.12. The lowest BCUT2D eigenvalue weighted by Crippen LogP contribution is -2.86. The van der Waals surface area contributed by atoms with Gasteiger partial charge < -0.3 is 93.4 Å². The van der Waals surface area contributed by atoms with Gasteiger partial charge in [-0.15, -0.1) is 0 Å². The number of rotatable bonds is 20. The summed E-state index contributed by atoms with van der Waals surface area (Å²) in [4.78, 5) is 115. The van der Waals surface area contributed by atoms with Crippen LogP contribution in [0.5, 0.6) is 0 Å². The summed E-state index contributed by atoms with van der Waals surface area (Å²) in [6.07, 6.45) is -16.5. The van der Waals surface area contributed by atoms with E-state index in [1.165, 1.54) is 101 Å². The Labute approximate surface area is 568 Å². The number of hydrogen-bond acceptors (Lipinski definition) is 24. The summed E-state index contributed by atoms with van der Waals surface area (Å²) in [7, 11) is 1.22. The SMILES string of the molecule is COC1(C)C(O)C(C)(COCO[C@@H](C(=O)OC2C[C@@]3(O)[C@@H](OC(=O)c4ccccc4)[C@@H]4[C@]5(OC(C)=O)CO[C@@H]5C[C@H](O)[C@@]4(C)C(=O)[C@H](OC(C)=O)C(=C2C)C3(C)C)C(NC(=O)c2ccccc2)c2ccccc2)OC(OC2(C)C(C)(C(=O)O)OC(C)C(C)(O)C2(C)O)C1(C)NC(C)=O. The smallest absolute Gasteiger partial charge is 0.338 e. The van der Waals surface area contributed by atoms with Gasteiger partial charge in [0.15, 0.2) is 35.5 Å². The Bertz CT molecular complexity index is 3610. The number of ether oxygens (including phenoxy) is 11. The Morgan fingerprint density at radius 3 is 1.87 bits per heavy atom. The summed E-state index contributed by atoms with van der Waals surface area (Å²) < 4.78 is 69.6. The molecule has 9 rings (SSSR count). The zero-order chi connectivity index (χ0) is 72.7. The number of fused-ring (bicyclic) bond motifs is 5. The van der Waals surface area contributed by atoms with E-state index in [1.807, 2.05) is 0 Å². The molecule has 3 aliphatic heterocycles. The number of carboxylic acids is 1. The summed E-state index contributed by atoms with van der Waals surface area (Å²) in [5.74, 6) is -9.77. The molecule has 2 bridgehead atoms. The second-order valence-electron chi connectivity index (χ2n) is 28.8. The fourth-order valence-corrected chi connectivity index (χ4v) is 16.0. The highest BCUT2D eigenvalue weighted by Gasteiger charge is 2.80. The molecule has 6 aliphatic rings. The third-order valence-corrected chi connectivity index (χ3v) is 22.8. The number of Topliss-reactive ketones (excluding diaryl/α,β-unsaturated/α-hetero) is 1. The zero-order valence-electron chi connectivity index (χ0n) is 58.0. The number of aliphatic carboxylic acids is 1. The number of aliphatic hydroxyl groups is 5. The molecule has 3 aliphatic carbocycles. The maximum Gasteiger partial charge on any atom is 0.338 e.